The van der Waals surface area contributed by atoms with Crippen molar-refractivity contribution >= 4 is 5.97 Å². The van der Waals surface area contributed by atoms with Crippen molar-refractivity contribution in [2.75, 3.05) is 7.11 Å². The fourth-order valence-electron chi connectivity index (χ4n) is 1.50. The Hall–Kier alpha value is -1.58. The fraction of sp³-hybridized carbons (Fsp3) is 0.364. The van der Waals surface area contributed by atoms with Crippen LogP contribution >= 0.6 is 0 Å². The zero-order valence-corrected chi connectivity index (χ0v) is 8.87. The number of hydrogen-bond donors (Lipinski definition) is 1. The van der Waals surface area contributed by atoms with Gasteiger partial charge in [-0.15, -0.1) is 0 Å². The van der Waals surface area contributed by atoms with E-state index in [9.17, 15) is 9.18 Å². The highest BCUT2D eigenvalue weighted by Crippen LogP contribution is 2.32. The number of carboxylic acids is 1. The van der Waals surface area contributed by atoms with Gasteiger partial charge in [-0.1, -0.05) is 13.8 Å². The van der Waals surface area contributed by atoms with E-state index in [1.807, 2.05) is 0 Å². The van der Waals surface area contributed by atoms with Crippen LogP contribution in [-0.4, -0.2) is 18.2 Å². The van der Waals surface area contributed by atoms with Gasteiger partial charge in [0.15, 0.2) is 0 Å². The zero-order chi connectivity index (χ0) is 11.6. The van der Waals surface area contributed by atoms with E-state index >= 15 is 0 Å². The standard InChI is InChI=1S/C11H13FO3/c1-6(2)9-8(12)5-4-7(11(13)14)10(9)15-3/h4-6H,1-3H3,(H,13,14). The summed E-state index contributed by atoms with van der Waals surface area (Å²) in [5, 5.41) is 8.89. The third kappa shape index (κ3) is 2.09. The molecule has 0 radical (unpaired) electrons. The molecule has 4 heteroatoms. The number of rotatable bonds is 3. The van der Waals surface area contributed by atoms with Crippen molar-refractivity contribution < 1.29 is 19.0 Å². The number of methoxy groups -OCH3 is 1. The van der Waals surface area contributed by atoms with Gasteiger partial charge in [-0.2, -0.15) is 0 Å². The molecule has 0 aliphatic carbocycles. The van der Waals surface area contributed by atoms with E-state index in [0.29, 0.717) is 5.56 Å². The van der Waals surface area contributed by atoms with Gasteiger partial charge in [0.25, 0.3) is 0 Å². The fourth-order valence-corrected chi connectivity index (χ4v) is 1.50. The summed E-state index contributed by atoms with van der Waals surface area (Å²) in [5.41, 5.74) is 0.292. The molecule has 1 aromatic carbocycles. The predicted octanol–water partition coefficient (Wildman–Crippen LogP) is 2.66. The maximum Gasteiger partial charge on any atom is 0.339 e. The molecule has 0 spiro atoms. The van der Waals surface area contributed by atoms with Gasteiger partial charge in [-0.3, -0.25) is 0 Å². The van der Waals surface area contributed by atoms with Crippen molar-refractivity contribution in [2.24, 2.45) is 0 Å². The lowest BCUT2D eigenvalue weighted by Crippen LogP contribution is -2.06. The van der Waals surface area contributed by atoms with E-state index in [2.05, 4.69) is 0 Å². The Bertz CT molecular complexity index is 386. The van der Waals surface area contributed by atoms with Gasteiger partial charge in [0, 0.05) is 5.56 Å². The Labute approximate surface area is 87.5 Å². The zero-order valence-electron chi connectivity index (χ0n) is 8.87. The maximum absolute atomic E-state index is 13.5. The number of hydrogen-bond acceptors (Lipinski definition) is 2. The quantitative estimate of drug-likeness (QED) is 0.837. The molecule has 0 atom stereocenters. The average Bonchev–Trinajstić information content (AvgIpc) is 2.15. The third-order valence-corrected chi connectivity index (χ3v) is 2.15. The number of ether oxygens (including phenoxy) is 1. The maximum atomic E-state index is 13.5. The van der Waals surface area contributed by atoms with Gasteiger partial charge >= 0.3 is 5.97 Å². The molecule has 0 bridgehead atoms. The highest BCUT2D eigenvalue weighted by Gasteiger charge is 2.20. The topological polar surface area (TPSA) is 46.5 Å². The van der Waals surface area contributed by atoms with Gasteiger partial charge in [0.2, 0.25) is 0 Å². The van der Waals surface area contributed by atoms with Crippen molar-refractivity contribution in [2.45, 2.75) is 19.8 Å². The number of carboxylic acid groups (broad SMARTS) is 1. The second-order valence-corrected chi connectivity index (χ2v) is 3.50. The van der Waals surface area contributed by atoms with Crippen LogP contribution < -0.4 is 4.74 Å². The summed E-state index contributed by atoms with van der Waals surface area (Å²) in [6.45, 7) is 3.57. The largest absolute Gasteiger partial charge is 0.495 e. The molecular weight excluding hydrogens is 199 g/mol. The van der Waals surface area contributed by atoms with Crippen LogP contribution in [0.5, 0.6) is 5.75 Å². The molecule has 0 aliphatic rings. The summed E-state index contributed by atoms with van der Waals surface area (Å²) in [4.78, 5) is 10.9. The van der Waals surface area contributed by atoms with Gasteiger partial charge < -0.3 is 9.84 Å². The first-order valence-corrected chi connectivity index (χ1v) is 4.58. The molecule has 0 unspecified atom stereocenters. The number of halogens is 1. The molecule has 0 amide bonds. The molecule has 0 aliphatic heterocycles. The van der Waals surface area contributed by atoms with Gasteiger partial charge in [-0.05, 0) is 18.1 Å². The molecule has 0 fully saturated rings. The van der Waals surface area contributed by atoms with Crippen LogP contribution in [0.4, 0.5) is 4.39 Å². The van der Waals surface area contributed by atoms with Crippen LogP contribution in [0.25, 0.3) is 0 Å². The van der Waals surface area contributed by atoms with E-state index in [0.717, 1.165) is 6.07 Å². The molecule has 0 heterocycles. The molecule has 0 aromatic heterocycles. The minimum atomic E-state index is -1.12. The molecule has 0 saturated heterocycles. The summed E-state index contributed by atoms with van der Waals surface area (Å²) in [5.74, 6) is -1.57. The summed E-state index contributed by atoms with van der Waals surface area (Å²) >= 11 is 0. The minimum absolute atomic E-state index is 0.0115. The molecule has 15 heavy (non-hydrogen) atoms. The van der Waals surface area contributed by atoms with Crippen LogP contribution in [0.3, 0.4) is 0 Å². The second-order valence-electron chi connectivity index (χ2n) is 3.50. The molecule has 82 valence electrons. The van der Waals surface area contributed by atoms with Crippen molar-refractivity contribution in [1.82, 2.24) is 0 Å². The van der Waals surface area contributed by atoms with Crippen molar-refractivity contribution in [1.29, 1.82) is 0 Å². The molecule has 1 rings (SSSR count). The van der Waals surface area contributed by atoms with Crippen molar-refractivity contribution in [3.63, 3.8) is 0 Å². The lowest BCUT2D eigenvalue weighted by Gasteiger charge is -2.14. The Morgan fingerprint density at radius 3 is 2.47 bits per heavy atom. The lowest BCUT2D eigenvalue weighted by atomic mass is 9.98. The first-order valence-electron chi connectivity index (χ1n) is 4.58. The molecule has 1 N–H and O–H groups in total. The SMILES string of the molecule is COc1c(C(=O)O)ccc(F)c1C(C)C. The number of carbonyl (C=O) groups is 1. The van der Waals surface area contributed by atoms with Crippen LogP contribution in [0.1, 0.15) is 35.7 Å². The van der Waals surface area contributed by atoms with Crippen molar-refractivity contribution in [3.8, 4) is 5.75 Å². The first kappa shape index (κ1) is 11.5. The number of benzene rings is 1. The highest BCUT2D eigenvalue weighted by molar-refractivity contribution is 5.91. The normalized spacial score (nSPS) is 10.5. The van der Waals surface area contributed by atoms with E-state index in [-0.39, 0.29) is 17.2 Å². The molecule has 0 saturated carbocycles. The van der Waals surface area contributed by atoms with E-state index in [1.165, 1.54) is 13.2 Å². The molecular formula is C11H13FO3. The average molecular weight is 212 g/mol. The summed E-state index contributed by atoms with van der Waals surface area (Å²) < 4.78 is 18.4. The number of aromatic carboxylic acids is 1. The van der Waals surface area contributed by atoms with Gasteiger partial charge in [0.05, 0.1) is 7.11 Å². The Morgan fingerprint density at radius 1 is 1.47 bits per heavy atom. The monoisotopic (exact) mass is 212 g/mol. The Balaban J connectivity index is 3.47. The third-order valence-electron chi connectivity index (χ3n) is 2.15. The lowest BCUT2D eigenvalue weighted by molar-refractivity contribution is 0.0693. The van der Waals surface area contributed by atoms with Gasteiger partial charge in [0.1, 0.15) is 17.1 Å². The molecule has 1 aromatic rings. The highest BCUT2D eigenvalue weighted by atomic mass is 19.1. The van der Waals surface area contributed by atoms with Crippen LogP contribution in [0.15, 0.2) is 12.1 Å². The summed E-state index contributed by atoms with van der Waals surface area (Å²) in [7, 11) is 1.34. The van der Waals surface area contributed by atoms with E-state index < -0.39 is 11.8 Å². The van der Waals surface area contributed by atoms with Crippen LogP contribution in [-0.2, 0) is 0 Å². The summed E-state index contributed by atoms with van der Waals surface area (Å²) in [6, 6.07) is 2.36. The van der Waals surface area contributed by atoms with Crippen LogP contribution in [0, 0.1) is 5.82 Å². The first-order chi connectivity index (χ1) is 6.99. The van der Waals surface area contributed by atoms with Crippen LogP contribution in [0.2, 0.25) is 0 Å². The van der Waals surface area contributed by atoms with Crippen molar-refractivity contribution in [3.05, 3.63) is 29.1 Å². The smallest absolute Gasteiger partial charge is 0.339 e. The Kier molecular flexibility index (Phi) is 3.29. The molecule has 3 nitrogen and oxygen atoms in total. The summed E-state index contributed by atoms with van der Waals surface area (Å²) in [6.07, 6.45) is 0. The van der Waals surface area contributed by atoms with E-state index in [1.54, 1.807) is 13.8 Å². The minimum Gasteiger partial charge on any atom is -0.495 e. The van der Waals surface area contributed by atoms with Gasteiger partial charge in [-0.25, -0.2) is 9.18 Å². The Morgan fingerprint density at radius 2 is 2.07 bits per heavy atom. The van der Waals surface area contributed by atoms with E-state index in [4.69, 9.17) is 9.84 Å². The second kappa shape index (κ2) is 4.29. The predicted molar refractivity (Wildman–Crippen MR) is 54.0 cm³/mol.